The summed E-state index contributed by atoms with van der Waals surface area (Å²) < 4.78 is 3.83. The minimum atomic E-state index is -1.36. The number of hydrazine groups is 1. The molecule has 0 saturated carbocycles. The van der Waals surface area contributed by atoms with Crippen molar-refractivity contribution in [1.82, 2.24) is 44.4 Å². The van der Waals surface area contributed by atoms with E-state index in [1.807, 2.05) is 92.0 Å². The van der Waals surface area contributed by atoms with Crippen molar-refractivity contribution >= 4 is 28.7 Å². The molecule has 5 aromatic rings. The number of carbonyl (C=O) groups excluding carboxylic acids is 3. The Morgan fingerprint density at radius 2 is 1.78 bits per heavy atom. The van der Waals surface area contributed by atoms with Gasteiger partial charge in [-0.05, 0) is 73.7 Å². The smallest absolute Gasteiger partial charge is 0.334 e. The second kappa shape index (κ2) is 17.5. The largest absolute Gasteiger partial charge is 0.839 e. The third-order valence-corrected chi connectivity index (χ3v) is 11.8. The third-order valence-electron chi connectivity index (χ3n) is 11.8. The first-order chi connectivity index (χ1) is 28.4. The minimum absolute atomic E-state index is 0.0863. The van der Waals surface area contributed by atoms with E-state index >= 15 is 0 Å². The molecule has 1 unspecified atom stereocenters. The van der Waals surface area contributed by atoms with Crippen LogP contribution in [-0.2, 0) is 44.8 Å². The number of phenolic OH excluding ortho intramolecular Hbond substituents is 1. The summed E-state index contributed by atoms with van der Waals surface area (Å²) in [5, 5.41) is 36.4. The quantitative estimate of drug-likeness (QED) is 0.171. The van der Waals surface area contributed by atoms with Crippen LogP contribution in [0, 0.1) is 13.8 Å². The predicted octanol–water partition coefficient (Wildman–Crippen LogP) is 3.84. The molecule has 2 aliphatic heterocycles. The molecule has 310 valence electrons. The number of nitrogens with zero attached hydrogens (tertiary/aromatic N) is 8. The standard InChI is InChI=1S/C45H54N9O5/c1-7-22-52-29-41(56)53-39(24-32-18-20-35(55)21-19-32)44(58)51(28-40(53)54(52)45(59)46-25-33-13-9-8-10-14-33)26-34-15-11-16-37-38(27-49(5)42(34)37)43(57)48(4)23-12-17-36-30(2)47-50(6)31(36)3/h7-11,13-16,18-21,27,39-40,44,55H,1,12,17,22-26,28-29H2,2-6H3,(H,46,59)/q-1/t39-,40-,44?/m0/s1. The van der Waals surface area contributed by atoms with Crippen LogP contribution >= 0.6 is 0 Å². The number of para-hydroxylation sites is 1. The lowest BCUT2D eigenvalue weighted by Gasteiger charge is -2.60. The fourth-order valence-corrected chi connectivity index (χ4v) is 8.75. The van der Waals surface area contributed by atoms with E-state index in [9.17, 15) is 24.6 Å². The Labute approximate surface area is 345 Å². The number of piperazine rings is 1. The highest BCUT2D eigenvalue weighted by Crippen LogP contribution is 2.33. The number of phenols is 1. The Bertz CT molecular complexity index is 2320. The Morgan fingerprint density at radius 3 is 2.47 bits per heavy atom. The minimum Gasteiger partial charge on any atom is -0.839 e. The Kier molecular flexibility index (Phi) is 12.2. The molecule has 14 nitrogen and oxygen atoms in total. The highest BCUT2D eigenvalue weighted by molar-refractivity contribution is 6.07. The Morgan fingerprint density at radius 1 is 1.03 bits per heavy atom. The molecule has 3 atom stereocenters. The van der Waals surface area contributed by atoms with Gasteiger partial charge in [-0.15, -0.1) is 6.58 Å². The average Bonchev–Trinajstić information content (AvgIpc) is 3.69. The summed E-state index contributed by atoms with van der Waals surface area (Å²) in [7, 11) is 5.68. The van der Waals surface area contributed by atoms with Crippen LogP contribution in [0.2, 0.25) is 0 Å². The number of benzene rings is 3. The molecule has 14 heteroatoms. The number of nitrogens with one attached hydrogen (secondary N) is 1. The maximum atomic E-state index is 14.8. The van der Waals surface area contributed by atoms with Crippen LogP contribution in [0.15, 0.2) is 91.6 Å². The zero-order valence-corrected chi connectivity index (χ0v) is 34.5. The van der Waals surface area contributed by atoms with Gasteiger partial charge in [0.1, 0.15) is 11.9 Å². The van der Waals surface area contributed by atoms with Gasteiger partial charge in [0, 0.05) is 77.2 Å². The van der Waals surface area contributed by atoms with E-state index in [-0.39, 0.29) is 56.7 Å². The molecule has 4 amide bonds. The Hall–Kier alpha value is -5.96. The first-order valence-electron chi connectivity index (χ1n) is 20.1. The Balaban J connectivity index is 1.18. The average molecular weight is 801 g/mol. The van der Waals surface area contributed by atoms with Crippen molar-refractivity contribution in [2.45, 2.75) is 64.6 Å². The number of aryl methyl sites for hydroxylation is 3. The van der Waals surface area contributed by atoms with Crippen molar-refractivity contribution < 1.29 is 24.6 Å². The molecule has 59 heavy (non-hydrogen) atoms. The van der Waals surface area contributed by atoms with Gasteiger partial charge < -0.3 is 34.8 Å². The molecule has 2 N–H and O–H groups in total. The molecule has 2 saturated heterocycles. The lowest BCUT2D eigenvalue weighted by Crippen LogP contribution is -2.79. The van der Waals surface area contributed by atoms with Gasteiger partial charge in [0.15, 0.2) is 0 Å². The number of hydrogen-bond donors (Lipinski definition) is 2. The van der Waals surface area contributed by atoms with Crippen LogP contribution in [0.25, 0.3) is 10.9 Å². The van der Waals surface area contributed by atoms with Gasteiger partial charge in [-0.2, -0.15) is 5.10 Å². The summed E-state index contributed by atoms with van der Waals surface area (Å²) >= 11 is 0. The van der Waals surface area contributed by atoms with Crippen molar-refractivity contribution in [3.05, 3.63) is 131 Å². The van der Waals surface area contributed by atoms with E-state index in [2.05, 4.69) is 23.9 Å². The summed E-state index contributed by atoms with van der Waals surface area (Å²) in [6, 6.07) is 20.8. The third kappa shape index (κ3) is 8.47. The van der Waals surface area contributed by atoms with E-state index in [1.165, 1.54) is 5.56 Å². The van der Waals surface area contributed by atoms with Crippen LogP contribution in [0.1, 0.15) is 50.4 Å². The second-order valence-electron chi connectivity index (χ2n) is 15.7. The van der Waals surface area contributed by atoms with Gasteiger partial charge in [0.25, 0.3) is 5.91 Å². The second-order valence-corrected chi connectivity index (χ2v) is 15.7. The zero-order valence-electron chi connectivity index (χ0n) is 34.5. The van der Waals surface area contributed by atoms with Crippen LogP contribution in [-0.4, -0.2) is 114 Å². The van der Waals surface area contributed by atoms with E-state index in [4.69, 9.17) is 0 Å². The van der Waals surface area contributed by atoms with Gasteiger partial charge in [0.2, 0.25) is 5.91 Å². The number of fused-ring (bicyclic) bond motifs is 2. The molecule has 0 aliphatic carbocycles. The number of carbonyl (C=O) groups is 3. The van der Waals surface area contributed by atoms with E-state index in [0.29, 0.717) is 12.1 Å². The fourth-order valence-electron chi connectivity index (χ4n) is 8.75. The van der Waals surface area contributed by atoms with Crippen LogP contribution in [0.4, 0.5) is 4.79 Å². The fraction of sp³-hybridized carbons (Fsp3) is 0.378. The summed E-state index contributed by atoms with van der Waals surface area (Å²) in [6.45, 7) is 9.26. The van der Waals surface area contributed by atoms with E-state index in [0.717, 1.165) is 51.8 Å². The topological polar surface area (TPSA) is 145 Å². The van der Waals surface area contributed by atoms with Crippen molar-refractivity contribution in [2.75, 3.05) is 33.2 Å². The summed E-state index contributed by atoms with van der Waals surface area (Å²) in [5.41, 5.74) is 7.32. The van der Waals surface area contributed by atoms with Gasteiger partial charge in [0.05, 0.1) is 23.3 Å². The molecule has 0 spiro atoms. The van der Waals surface area contributed by atoms with Crippen LogP contribution < -0.4 is 10.4 Å². The first-order valence-corrected chi connectivity index (χ1v) is 20.1. The number of hydrogen-bond acceptors (Lipinski definition) is 8. The van der Waals surface area contributed by atoms with E-state index in [1.54, 1.807) is 55.1 Å². The molecule has 2 aliphatic rings. The van der Waals surface area contributed by atoms with Gasteiger partial charge in [-0.25, -0.2) is 14.8 Å². The molecular weight excluding hydrogens is 747 g/mol. The summed E-state index contributed by atoms with van der Waals surface area (Å²) in [4.78, 5) is 47.4. The van der Waals surface area contributed by atoms with E-state index < -0.39 is 24.5 Å². The molecule has 7 rings (SSSR count). The SMILES string of the molecule is C=CCN1CC(=O)N2[C@@H](Cc3ccc(O)cc3)C([O-])N(Cc3cccc4c(C(=O)N(C)CCCc5c(C)nn(C)c5C)cn(C)c34)C[C@@H]2N1C(=O)NCc1ccccc1. The molecule has 0 radical (unpaired) electrons. The molecule has 0 bridgehead atoms. The summed E-state index contributed by atoms with van der Waals surface area (Å²) in [6.07, 6.45) is 3.17. The number of aromatic hydroxyl groups is 1. The predicted molar refractivity (Wildman–Crippen MR) is 224 cm³/mol. The number of aromatic nitrogens is 3. The molecule has 2 aromatic heterocycles. The van der Waals surface area contributed by atoms with Gasteiger partial charge in [-0.1, -0.05) is 66.7 Å². The molecule has 3 aromatic carbocycles. The van der Waals surface area contributed by atoms with Crippen molar-refractivity contribution in [3.8, 4) is 5.75 Å². The number of amides is 4. The van der Waals surface area contributed by atoms with Crippen LogP contribution in [0.3, 0.4) is 0 Å². The van der Waals surface area contributed by atoms with Crippen molar-refractivity contribution in [2.24, 2.45) is 14.1 Å². The zero-order chi connectivity index (χ0) is 42.0. The maximum Gasteiger partial charge on any atom is 0.334 e. The lowest BCUT2D eigenvalue weighted by molar-refractivity contribution is -0.481. The first kappa shape index (κ1) is 41.2. The van der Waals surface area contributed by atoms with Gasteiger partial charge in [-0.3, -0.25) is 14.3 Å². The lowest BCUT2D eigenvalue weighted by atomic mass is 9.97. The van der Waals surface area contributed by atoms with Crippen molar-refractivity contribution in [1.29, 1.82) is 0 Å². The van der Waals surface area contributed by atoms with Crippen LogP contribution in [0.5, 0.6) is 5.75 Å². The molecule has 4 heterocycles. The highest BCUT2D eigenvalue weighted by Gasteiger charge is 2.49. The summed E-state index contributed by atoms with van der Waals surface area (Å²) in [5.74, 6) is -0.242. The normalized spacial score (nSPS) is 18.6. The maximum absolute atomic E-state index is 14.8. The van der Waals surface area contributed by atoms with Crippen molar-refractivity contribution in [3.63, 3.8) is 0 Å². The molecular formula is C45H54N9O5-. The number of rotatable bonds is 13. The van der Waals surface area contributed by atoms with Gasteiger partial charge >= 0.3 is 6.03 Å². The molecule has 2 fully saturated rings. The number of urea groups is 1. The highest BCUT2D eigenvalue weighted by atomic mass is 16.3. The monoisotopic (exact) mass is 800 g/mol.